The lowest BCUT2D eigenvalue weighted by molar-refractivity contribution is 0.394. The van der Waals surface area contributed by atoms with E-state index >= 15 is 0 Å². The quantitative estimate of drug-likeness (QED) is 0.160. The molecule has 9 aromatic rings. The average Bonchev–Trinajstić information content (AvgIpc) is 3.82. The molecule has 0 saturated heterocycles. The van der Waals surface area contributed by atoms with E-state index < -0.39 is 0 Å². The fraction of sp³-hybridized carbons (Fsp3) is 0.115. The molecule has 2 heterocycles. The number of rotatable bonds is 7. The Labute approximate surface area is 385 Å². The first-order chi connectivity index (χ1) is 32.4. The molecule has 0 radical (unpaired) electrons. The van der Waals surface area contributed by atoms with Crippen LogP contribution in [0.25, 0.3) is 83.9 Å². The topological polar surface area (TPSA) is 67.4 Å². The van der Waals surface area contributed by atoms with Crippen molar-refractivity contribution in [2.45, 2.75) is 37.5 Å². The minimum Gasteiger partial charge on any atom is -0.309 e. The van der Waals surface area contributed by atoms with Crippen LogP contribution >= 0.6 is 0 Å². The first-order valence-corrected chi connectivity index (χ1v) is 22.8. The molecule has 0 saturated carbocycles. The van der Waals surface area contributed by atoms with Gasteiger partial charge in [-0.15, -0.1) is 0 Å². The van der Waals surface area contributed by atoms with Crippen molar-refractivity contribution in [2.75, 3.05) is 0 Å². The van der Waals surface area contributed by atoms with Crippen LogP contribution in [0.1, 0.15) is 54.4 Å². The summed E-state index contributed by atoms with van der Waals surface area (Å²) in [7, 11) is 0. The smallest absolute Gasteiger partial charge is 0.164 e. The van der Waals surface area contributed by atoms with Gasteiger partial charge in [-0.1, -0.05) is 178 Å². The van der Waals surface area contributed by atoms with Gasteiger partial charge in [0, 0.05) is 45.0 Å². The molecular weight excluding hydrogens is 803 g/mol. The van der Waals surface area contributed by atoms with Crippen molar-refractivity contribution in [3.8, 4) is 68.2 Å². The molecule has 0 amide bonds. The van der Waals surface area contributed by atoms with Gasteiger partial charge >= 0.3 is 0 Å². The molecule has 0 aliphatic heterocycles. The lowest BCUT2D eigenvalue weighted by Crippen LogP contribution is -2.24. The van der Waals surface area contributed by atoms with Crippen LogP contribution in [0.4, 0.5) is 0 Å². The molecule has 3 unspecified atom stereocenters. The van der Waals surface area contributed by atoms with E-state index in [0.29, 0.717) is 34.9 Å². The normalized spacial score (nSPS) is 17.8. The molecule has 0 bridgehead atoms. The summed E-state index contributed by atoms with van der Waals surface area (Å²) in [5, 5.41) is 13.1. The van der Waals surface area contributed by atoms with Gasteiger partial charge in [-0.2, -0.15) is 5.26 Å². The molecule has 5 nitrogen and oxygen atoms in total. The number of allylic oxidation sites excluding steroid dienone is 8. The van der Waals surface area contributed by atoms with Gasteiger partial charge < -0.3 is 4.57 Å². The number of nitriles is 1. The van der Waals surface area contributed by atoms with Crippen molar-refractivity contribution in [3.63, 3.8) is 0 Å². The Hall–Kier alpha value is -8.20. The van der Waals surface area contributed by atoms with Gasteiger partial charge in [0.1, 0.15) is 0 Å². The third kappa shape index (κ3) is 6.64. The average molecular weight is 848 g/mol. The van der Waals surface area contributed by atoms with Crippen molar-refractivity contribution in [1.82, 2.24) is 19.5 Å². The van der Waals surface area contributed by atoms with Gasteiger partial charge in [0.05, 0.1) is 22.7 Å². The third-order valence-corrected chi connectivity index (χ3v) is 14.1. The predicted octanol–water partition coefficient (Wildman–Crippen LogP) is 14.9. The summed E-state index contributed by atoms with van der Waals surface area (Å²) < 4.78 is 2.47. The predicted molar refractivity (Wildman–Crippen MR) is 269 cm³/mol. The number of hydrogen-bond donors (Lipinski definition) is 0. The number of benzene rings is 7. The van der Waals surface area contributed by atoms with Crippen LogP contribution in [0.3, 0.4) is 0 Å². The molecule has 0 fully saturated rings. The molecule has 5 heteroatoms. The standard InChI is InChI=1S/C61H45N5/c1-61(2)54-26-16-15-25-50(54)52-36-53-51-30-28-44(39-17-7-3-8-18-39)35-56(51)66(57(53)37-55(52)61)48-33-45(43-27-29-49(47(31-43)38-62)40-19-9-4-10-20-40)32-46(34-48)60-64-58(41-21-11-5-12-22-41)63-59(65-60)42-23-13-6-14-24-42/h3-17,19-37,39,50,54H,18H2,1-2H3. The second-order valence-electron chi connectivity index (χ2n) is 18.3. The van der Waals surface area contributed by atoms with Crippen LogP contribution in [0.15, 0.2) is 206 Å². The van der Waals surface area contributed by atoms with Gasteiger partial charge in [-0.25, -0.2) is 15.0 Å². The minimum atomic E-state index is -0.0745. The Morgan fingerprint density at radius 2 is 1.18 bits per heavy atom. The van der Waals surface area contributed by atoms with Crippen LogP contribution in [-0.2, 0) is 5.41 Å². The summed E-state index contributed by atoms with van der Waals surface area (Å²) in [5.41, 5.74) is 14.4. The van der Waals surface area contributed by atoms with E-state index in [-0.39, 0.29) is 11.3 Å². The molecular formula is C61H45N5. The SMILES string of the molecule is CC1(C)c2cc3c(cc2C2C=CC=CC21)c1ccc(C2C=CC=CC2)cc1n3-c1cc(-c2ccc(-c3ccccc3)c(C#N)c2)cc(-c2nc(-c3ccccc3)nc(-c3ccccc3)n2)c1. The fourth-order valence-corrected chi connectivity index (χ4v) is 10.7. The van der Waals surface area contributed by atoms with Crippen LogP contribution in [-0.4, -0.2) is 19.5 Å². The summed E-state index contributed by atoms with van der Waals surface area (Å²) in [6.07, 6.45) is 19.1. The van der Waals surface area contributed by atoms with Crippen LogP contribution in [0.2, 0.25) is 0 Å². The highest BCUT2D eigenvalue weighted by atomic mass is 15.0. The van der Waals surface area contributed by atoms with E-state index in [1.54, 1.807) is 0 Å². The zero-order valence-electron chi connectivity index (χ0n) is 36.8. The summed E-state index contributed by atoms with van der Waals surface area (Å²) >= 11 is 0. The zero-order chi connectivity index (χ0) is 44.4. The van der Waals surface area contributed by atoms with Crippen LogP contribution < -0.4 is 0 Å². The fourth-order valence-electron chi connectivity index (χ4n) is 10.7. The van der Waals surface area contributed by atoms with E-state index in [2.05, 4.69) is 146 Å². The van der Waals surface area contributed by atoms with Crippen LogP contribution in [0.5, 0.6) is 0 Å². The molecule has 7 aromatic carbocycles. The minimum absolute atomic E-state index is 0.0745. The number of hydrogen-bond acceptors (Lipinski definition) is 4. The maximum atomic E-state index is 10.6. The Bertz CT molecular complexity index is 3490. The van der Waals surface area contributed by atoms with Gasteiger partial charge in [0.25, 0.3) is 0 Å². The summed E-state index contributed by atoms with van der Waals surface area (Å²) in [4.78, 5) is 15.5. The lowest BCUT2D eigenvalue weighted by atomic mass is 9.74. The van der Waals surface area contributed by atoms with Gasteiger partial charge in [0.15, 0.2) is 17.5 Å². The van der Waals surface area contributed by atoms with Crippen molar-refractivity contribution in [2.24, 2.45) is 5.92 Å². The van der Waals surface area contributed by atoms with E-state index in [1.165, 1.54) is 27.5 Å². The molecule has 3 aliphatic carbocycles. The van der Waals surface area contributed by atoms with E-state index in [0.717, 1.165) is 62.1 Å². The Kier molecular flexibility index (Phi) is 9.43. The van der Waals surface area contributed by atoms with Gasteiger partial charge in [-0.3, -0.25) is 0 Å². The van der Waals surface area contributed by atoms with Crippen molar-refractivity contribution < 1.29 is 0 Å². The van der Waals surface area contributed by atoms with Crippen molar-refractivity contribution in [3.05, 3.63) is 229 Å². The molecule has 12 rings (SSSR count). The lowest BCUT2D eigenvalue weighted by Gasteiger charge is -2.29. The number of nitrogens with zero attached hydrogens (tertiary/aromatic N) is 5. The molecule has 2 aromatic heterocycles. The van der Waals surface area contributed by atoms with Crippen molar-refractivity contribution in [1.29, 1.82) is 5.26 Å². The second kappa shape index (κ2) is 15.8. The van der Waals surface area contributed by atoms with E-state index in [1.807, 2.05) is 84.9 Å². The summed E-state index contributed by atoms with van der Waals surface area (Å²) in [6.45, 7) is 4.81. The monoisotopic (exact) mass is 847 g/mol. The maximum Gasteiger partial charge on any atom is 0.164 e. The molecule has 0 N–H and O–H groups in total. The number of aromatic nitrogens is 4. The summed E-state index contributed by atoms with van der Waals surface area (Å²) in [5.74, 6) is 2.75. The zero-order valence-corrected chi connectivity index (χ0v) is 36.8. The summed E-state index contributed by atoms with van der Waals surface area (Å²) in [6, 6.07) is 57.9. The second-order valence-corrected chi connectivity index (χ2v) is 18.3. The maximum absolute atomic E-state index is 10.6. The van der Waals surface area contributed by atoms with E-state index in [4.69, 9.17) is 15.0 Å². The first-order valence-electron chi connectivity index (χ1n) is 22.8. The van der Waals surface area contributed by atoms with Gasteiger partial charge in [0.2, 0.25) is 0 Å². The molecule has 3 atom stereocenters. The van der Waals surface area contributed by atoms with Crippen molar-refractivity contribution >= 4 is 21.8 Å². The first kappa shape index (κ1) is 39.4. The number of fused-ring (bicyclic) bond motifs is 6. The highest BCUT2D eigenvalue weighted by Crippen LogP contribution is 2.54. The highest BCUT2D eigenvalue weighted by molar-refractivity contribution is 6.10. The van der Waals surface area contributed by atoms with E-state index in [9.17, 15) is 5.26 Å². The van der Waals surface area contributed by atoms with Crippen LogP contribution in [0, 0.1) is 17.2 Å². The molecule has 0 spiro atoms. The van der Waals surface area contributed by atoms with Gasteiger partial charge in [-0.05, 0) is 99.2 Å². The molecule has 66 heavy (non-hydrogen) atoms. The molecule has 314 valence electrons. The Morgan fingerprint density at radius 1 is 0.545 bits per heavy atom. The molecule has 3 aliphatic rings. The Morgan fingerprint density at radius 3 is 1.86 bits per heavy atom. The third-order valence-electron chi connectivity index (χ3n) is 14.1. The Balaban J connectivity index is 1.15. The largest absolute Gasteiger partial charge is 0.309 e. The highest BCUT2D eigenvalue weighted by Gasteiger charge is 2.45.